The molecule has 1 unspecified atom stereocenters. The lowest BCUT2D eigenvalue weighted by atomic mass is 10.00. The van der Waals surface area contributed by atoms with Crippen LogP contribution < -0.4 is 5.32 Å². The molecule has 1 atom stereocenters. The van der Waals surface area contributed by atoms with Crippen molar-refractivity contribution in [3.8, 4) is 0 Å². The Kier molecular flexibility index (Phi) is 1.77. The lowest BCUT2D eigenvalue weighted by molar-refractivity contribution is 0.184. The van der Waals surface area contributed by atoms with E-state index in [1.807, 2.05) is 0 Å². The minimum absolute atomic E-state index is 0.223. The van der Waals surface area contributed by atoms with Gasteiger partial charge in [0.2, 0.25) is 0 Å². The van der Waals surface area contributed by atoms with Crippen LogP contribution in [-0.4, -0.2) is 17.8 Å². The van der Waals surface area contributed by atoms with Gasteiger partial charge in [0.25, 0.3) is 0 Å². The molecule has 1 aliphatic heterocycles. The van der Waals surface area contributed by atoms with Crippen molar-refractivity contribution in [2.75, 3.05) is 11.9 Å². The number of aliphatic hydroxyl groups is 1. The highest BCUT2D eigenvalue weighted by Crippen LogP contribution is 2.22. The minimum atomic E-state index is -0.223. The highest BCUT2D eigenvalue weighted by Gasteiger charge is 2.14. The zero-order valence-electron chi connectivity index (χ0n) is 7.17. The molecule has 1 aromatic rings. The van der Waals surface area contributed by atoms with Crippen LogP contribution in [0.3, 0.4) is 0 Å². The van der Waals surface area contributed by atoms with Crippen LogP contribution in [-0.2, 0) is 6.42 Å². The normalized spacial score (nSPS) is 21.3. The molecule has 12 heavy (non-hydrogen) atoms. The van der Waals surface area contributed by atoms with Crippen molar-refractivity contribution in [2.45, 2.75) is 19.4 Å². The van der Waals surface area contributed by atoms with Gasteiger partial charge in [0, 0.05) is 18.7 Å². The molecular weight excluding hydrogens is 150 g/mol. The summed E-state index contributed by atoms with van der Waals surface area (Å²) in [6.07, 6.45) is 0.559. The maximum Gasteiger partial charge on any atom is 0.0753 e. The maximum atomic E-state index is 9.38. The summed E-state index contributed by atoms with van der Waals surface area (Å²) in [5.74, 6) is 0. The average Bonchev–Trinajstić information content (AvgIpc) is 2.03. The zero-order chi connectivity index (χ0) is 8.55. The fourth-order valence-corrected chi connectivity index (χ4v) is 1.62. The Morgan fingerprint density at radius 1 is 1.50 bits per heavy atom. The molecule has 64 valence electrons. The monoisotopic (exact) mass is 163 g/mol. The Morgan fingerprint density at radius 2 is 2.33 bits per heavy atom. The predicted octanol–water partition coefficient (Wildman–Crippen LogP) is 1.32. The van der Waals surface area contributed by atoms with Gasteiger partial charge < -0.3 is 10.4 Å². The molecule has 2 heteroatoms. The fraction of sp³-hybridized carbons (Fsp3) is 0.400. The van der Waals surface area contributed by atoms with Gasteiger partial charge in [-0.3, -0.25) is 0 Å². The smallest absolute Gasteiger partial charge is 0.0753 e. The molecule has 0 fully saturated rings. The maximum absolute atomic E-state index is 9.38. The van der Waals surface area contributed by atoms with E-state index in [-0.39, 0.29) is 6.10 Å². The molecule has 0 spiro atoms. The molecule has 0 aliphatic carbocycles. The number of hydrogen-bond acceptors (Lipinski definition) is 2. The summed E-state index contributed by atoms with van der Waals surface area (Å²) in [6, 6.07) is 6.30. The molecule has 0 saturated heterocycles. The second-order valence-electron chi connectivity index (χ2n) is 3.40. The summed E-state index contributed by atoms with van der Waals surface area (Å²) < 4.78 is 0. The molecule has 0 aromatic heterocycles. The van der Waals surface area contributed by atoms with Crippen molar-refractivity contribution in [1.82, 2.24) is 0 Å². The summed E-state index contributed by atoms with van der Waals surface area (Å²) in [7, 11) is 0. The van der Waals surface area contributed by atoms with E-state index in [9.17, 15) is 5.11 Å². The van der Waals surface area contributed by atoms with Crippen molar-refractivity contribution >= 4 is 5.69 Å². The van der Waals surface area contributed by atoms with Crippen LogP contribution >= 0.6 is 0 Å². The third-order valence-electron chi connectivity index (χ3n) is 2.24. The van der Waals surface area contributed by atoms with E-state index >= 15 is 0 Å². The molecule has 0 amide bonds. The highest BCUT2D eigenvalue weighted by atomic mass is 16.3. The highest BCUT2D eigenvalue weighted by molar-refractivity contribution is 5.54. The summed E-state index contributed by atoms with van der Waals surface area (Å²) in [5.41, 5.74) is 3.66. The van der Waals surface area contributed by atoms with Crippen molar-refractivity contribution in [1.29, 1.82) is 0 Å². The van der Waals surface area contributed by atoms with E-state index in [0.717, 1.165) is 6.42 Å². The molecule has 2 rings (SSSR count). The van der Waals surface area contributed by atoms with Crippen LogP contribution in [0.5, 0.6) is 0 Å². The quantitative estimate of drug-likeness (QED) is 0.604. The average molecular weight is 163 g/mol. The number of β-amino-alcohol motifs (C(OH)–C–C–N with tert-alkyl or cyclic N) is 1. The first-order valence-electron chi connectivity index (χ1n) is 4.27. The fourth-order valence-electron chi connectivity index (χ4n) is 1.62. The minimum Gasteiger partial charge on any atom is -0.391 e. The standard InChI is InChI=1S/C10H13NO/c1-7-2-3-10-8(4-7)5-9(12)6-11-10/h2-4,9,11-12H,5-6H2,1H3. The Morgan fingerprint density at radius 3 is 3.17 bits per heavy atom. The first-order chi connectivity index (χ1) is 5.75. The van der Waals surface area contributed by atoms with Crippen LogP contribution in [0.4, 0.5) is 5.69 Å². The molecule has 0 saturated carbocycles. The van der Waals surface area contributed by atoms with E-state index in [4.69, 9.17) is 0 Å². The van der Waals surface area contributed by atoms with Crippen molar-refractivity contribution in [3.05, 3.63) is 29.3 Å². The molecule has 0 radical (unpaired) electrons. The van der Waals surface area contributed by atoms with Crippen molar-refractivity contribution in [3.63, 3.8) is 0 Å². The van der Waals surface area contributed by atoms with Crippen LogP contribution in [0.1, 0.15) is 11.1 Å². The molecule has 1 aliphatic rings. The number of aryl methyl sites for hydroxylation is 1. The van der Waals surface area contributed by atoms with Crippen LogP contribution in [0.2, 0.25) is 0 Å². The summed E-state index contributed by atoms with van der Waals surface area (Å²) in [4.78, 5) is 0. The first kappa shape index (κ1) is 7.62. The molecule has 1 aromatic carbocycles. The van der Waals surface area contributed by atoms with Gasteiger partial charge in [0.1, 0.15) is 0 Å². The lowest BCUT2D eigenvalue weighted by Crippen LogP contribution is -2.27. The number of fused-ring (bicyclic) bond motifs is 1. The van der Waals surface area contributed by atoms with Gasteiger partial charge in [-0.25, -0.2) is 0 Å². The zero-order valence-corrected chi connectivity index (χ0v) is 7.17. The largest absolute Gasteiger partial charge is 0.391 e. The van der Waals surface area contributed by atoms with Crippen LogP contribution in [0.15, 0.2) is 18.2 Å². The number of anilines is 1. The third-order valence-corrected chi connectivity index (χ3v) is 2.24. The molecule has 0 bridgehead atoms. The Balaban J connectivity index is 2.37. The van der Waals surface area contributed by atoms with E-state index in [1.54, 1.807) is 0 Å². The Hall–Kier alpha value is -1.02. The van der Waals surface area contributed by atoms with E-state index in [1.165, 1.54) is 16.8 Å². The third kappa shape index (κ3) is 1.30. The molecule has 2 N–H and O–H groups in total. The van der Waals surface area contributed by atoms with Crippen LogP contribution in [0, 0.1) is 6.92 Å². The lowest BCUT2D eigenvalue weighted by Gasteiger charge is -2.22. The number of aliphatic hydroxyl groups excluding tert-OH is 1. The van der Waals surface area contributed by atoms with Gasteiger partial charge in [0.15, 0.2) is 0 Å². The Labute approximate surface area is 72.2 Å². The van der Waals surface area contributed by atoms with Crippen LogP contribution in [0.25, 0.3) is 0 Å². The second-order valence-corrected chi connectivity index (χ2v) is 3.40. The number of rotatable bonds is 0. The van der Waals surface area contributed by atoms with Gasteiger partial charge in [-0.15, -0.1) is 0 Å². The SMILES string of the molecule is Cc1ccc2c(c1)CC(O)CN2. The molecule has 2 nitrogen and oxygen atoms in total. The first-order valence-corrected chi connectivity index (χ1v) is 4.27. The molecular formula is C10H13NO. The topological polar surface area (TPSA) is 32.3 Å². The number of benzene rings is 1. The van der Waals surface area contributed by atoms with E-state index in [0.29, 0.717) is 6.54 Å². The van der Waals surface area contributed by atoms with Crippen molar-refractivity contribution in [2.24, 2.45) is 0 Å². The van der Waals surface area contributed by atoms with E-state index < -0.39 is 0 Å². The summed E-state index contributed by atoms with van der Waals surface area (Å²) in [6.45, 7) is 2.75. The Bertz CT molecular complexity index is 296. The van der Waals surface area contributed by atoms with Gasteiger partial charge >= 0.3 is 0 Å². The molecule has 1 heterocycles. The number of nitrogens with one attached hydrogen (secondary N) is 1. The van der Waals surface area contributed by atoms with Gasteiger partial charge in [0.05, 0.1) is 6.10 Å². The summed E-state index contributed by atoms with van der Waals surface area (Å²) in [5, 5.41) is 12.6. The van der Waals surface area contributed by atoms with E-state index in [2.05, 4.69) is 30.4 Å². The van der Waals surface area contributed by atoms with Gasteiger partial charge in [-0.05, 0) is 18.6 Å². The van der Waals surface area contributed by atoms with Gasteiger partial charge in [-0.1, -0.05) is 17.7 Å². The number of hydrogen-bond donors (Lipinski definition) is 2. The summed E-state index contributed by atoms with van der Waals surface area (Å²) >= 11 is 0. The van der Waals surface area contributed by atoms with Crippen molar-refractivity contribution < 1.29 is 5.11 Å². The van der Waals surface area contributed by atoms with Gasteiger partial charge in [-0.2, -0.15) is 0 Å². The second kappa shape index (κ2) is 2.79. The predicted molar refractivity (Wildman–Crippen MR) is 49.4 cm³/mol.